The molecular formula is C64H85F2N11O11S. The van der Waals surface area contributed by atoms with Crippen LogP contribution >= 0.6 is 11.3 Å². The number of nitrogens with zero attached hydrogens (tertiary/aromatic N) is 7. The number of hydrogen-bond acceptors (Lipinski definition) is 18. The first kappa shape index (κ1) is 69.2. The molecule has 3 aromatic heterocycles. The minimum Gasteiger partial charge on any atom is -0.381 e. The predicted octanol–water partition coefficient (Wildman–Crippen LogP) is 7.89. The number of carbonyl (C=O) groups is 4. The third-order valence-electron chi connectivity index (χ3n) is 14.5. The Kier molecular flexibility index (Phi) is 29.3. The molecule has 0 saturated carbocycles. The average molecular weight is 1250 g/mol. The van der Waals surface area contributed by atoms with Gasteiger partial charge in [-0.15, -0.1) is 21.5 Å². The summed E-state index contributed by atoms with van der Waals surface area (Å²) in [7, 11) is 0. The van der Waals surface area contributed by atoms with Crippen LogP contribution in [0.1, 0.15) is 98.7 Å². The highest BCUT2D eigenvalue weighted by atomic mass is 32.1. The third-order valence-corrected chi connectivity index (χ3v) is 15.5. The Hall–Kier alpha value is -7.23. The van der Waals surface area contributed by atoms with Gasteiger partial charge in [-0.25, -0.2) is 23.7 Å². The van der Waals surface area contributed by atoms with Crippen LogP contribution < -0.4 is 21.3 Å². The number of halogens is 2. The van der Waals surface area contributed by atoms with E-state index in [0.717, 1.165) is 59.5 Å². The fourth-order valence-corrected chi connectivity index (χ4v) is 10.5. The fourth-order valence-electron chi connectivity index (χ4n) is 9.67. The molecule has 0 aliphatic carbocycles. The van der Waals surface area contributed by atoms with Crippen LogP contribution in [0, 0.1) is 24.0 Å². The smallest absolute Gasteiger partial charge is 0.251 e. The van der Waals surface area contributed by atoms with Crippen LogP contribution in [0.15, 0.2) is 90.8 Å². The molecule has 0 bridgehead atoms. The number of aromatic nitrogens is 6. The zero-order chi connectivity index (χ0) is 63.1. The molecule has 6 aromatic rings. The molecule has 22 nitrogen and oxygen atoms in total. The van der Waals surface area contributed by atoms with Gasteiger partial charge in [-0.2, -0.15) is 0 Å². The third kappa shape index (κ3) is 23.3. The largest absolute Gasteiger partial charge is 0.381 e. The van der Waals surface area contributed by atoms with Crippen molar-refractivity contribution in [2.24, 2.45) is 5.41 Å². The lowest BCUT2D eigenvalue weighted by Gasteiger charge is -2.35. The van der Waals surface area contributed by atoms with Gasteiger partial charge in [0.2, 0.25) is 17.7 Å². The topological polar surface area (TPSA) is 254 Å². The standard InChI is InChI=1S/C64H85F2N11O11S/c1-46-58(89-45-72-46)48-20-18-47(19-21-48)40-69-62(80)55-17-11-24-76(55)63(81)59(64(2,3)4)73-57(78)43-88-38-37-87-36-35-86-34-33-85-32-31-84-30-29-83-27-8-6-5-7-26-82-28-12-25-77-56(74-75-60(77)54-22-23-67-44-71-54)42-68-50-14-9-13-49(39-50)61(79)70-41-51-52(65)15-10-16-53(51)66/h9-10,13-16,18-23,39,44-45,55,59,68H,5-8,11-12,17,24-38,40-43H2,1-4H3,(H,69,80)(H,70,79)(H,73,78)/t55-,59?/m0/s1. The molecule has 3 aromatic carbocycles. The minimum atomic E-state index is -0.849. The van der Waals surface area contributed by atoms with E-state index in [1.807, 2.05) is 68.1 Å². The zero-order valence-corrected chi connectivity index (χ0v) is 52.3. The molecule has 1 unspecified atom stereocenters. The monoisotopic (exact) mass is 1250 g/mol. The Bertz CT molecular complexity index is 3080. The summed E-state index contributed by atoms with van der Waals surface area (Å²) in [5.41, 5.74) is 5.63. The van der Waals surface area contributed by atoms with E-state index in [0.29, 0.717) is 147 Å². The molecule has 0 spiro atoms. The second-order valence-electron chi connectivity index (χ2n) is 22.2. The van der Waals surface area contributed by atoms with Crippen molar-refractivity contribution in [2.45, 2.75) is 111 Å². The van der Waals surface area contributed by atoms with Crippen molar-refractivity contribution in [3.05, 3.63) is 131 Å². The number of nitrogens with one attached hydrogen (secondary N) is 4. The van der Waals surface area contributed by atoms with E-state index in [9.17, 15) is 28.0 Å². The van der Waals surface area contributed by atoms with Gasteiger partial charge in [0, 0.05) is 69.0 Å². The molecular weight excluding hydrogens is 1170 g/mol. The Morgan fingerprint density at radius 2 is 1.33 bits per heavy atom. The van der Waals surface area contributed by atoms with Crippen molar-refractivity contribution in [3.63, 3.8) is 0 Å². The highest BCUT2D eigenvalue weighted by Crippen LogP contribution is 2.29. The lowest BCUT2D eigenvalue weighted by atomic mass is 9.85. The van der Waals surface area contributed by atoms with Gasteiger partial charge in [-0.05, 0) is 92.0 Å². The maximum absolute atomic E-state index is 14.1. The van der Waals surface area contributed by atoms with Gasteiger partial charge in [0.15, 0.2) is 11.6 Å². The van der Waals surface area contributed by atoms with Crippen molar-refractivity contribution in [1.82, 2.24) is 50.6 Å². The van der Waals surface area contributed by atoms with E-state index < -0.39 is 40.9 Å². The number of rotatable bonds is 41. The molecule has 4 N–H and O–H groups in total. The first-order chi connectivity index (χ1) is 43.3. The number of carbonyl (C=O) groups excluding carboxylic acids is 4. The summed E-state index contributed by atoms with van der Waals surface area (Å²) in [6.45, 7) is 14.5. The summed E-state index contributed by atoms with van der Waals surface area (Å²) in [6, 6.07) is 18.7. The fraction of sp³-hybridized carbons (Fsp3) is 0.516. The summed E-state index contributed by atoms with van der Waals surface area (Å²) in [6.07, 6.45) is 9.02. The molecule has 4 amide bonds. The number of hydrogen-bond donors (Lipinski definition) is 4. The molecule has 25 heteroatoms. The maximum Gasteiger partial charge on any atom is 0.251 e. The van der Waals surface area contributed by atoms with Crippen LogP contribution in [0.4, 0.5) is 14.5 Å². The maximum atomic E-state index is 14.1. The van der Waals surface area contributed by atoms with Crippen molar-refractivity contribution in [2.75, 3.05) is 104 Å². The van der Waals surface area contributed by atoms with Crippen molar-refractivity contribution >= 4 is 40.7 Å². The van der Waals surface area contributed by atoms with E-state index in [4.69, 9.17) is 33.2 Å². The van der Waals surface area contributed by atoms with Crippen LogP contribution in [-0.4, -0.2) is 169 Å². The zero-order valence-electron chi connectivity index (χ0n) is 51.5. The Labute approximate surface area is 523 Å². The van der Waals surface area contributed by atoms with Gasteiger partial charge in [0.05, 0.1) is 88.7 Å². The molecule has 0 radical (unpaired) electrons. The number of benzene rings is 3. The van der Waals surface area contributed by atoms with Crippen LogP contribution in [-0.2, 0) is 73.7 Å². The number of amides is 4. The molecule has 1 fully saturated rings. The molecule has 4 heterocycles. The first-order valence-electron chi connectivity index (χ1n) is 30.4. The van der Waals surface area contributed by atoms with Gasteiger partial charge in [-0.1, -0.05) is 70.0 Å². The Morgan fingerprint density at radius 3 is 1.96 bits per heavy atom. The average Bonchev–Trinajstić information content (AvgIpc) is 3.05. The highest BCUT2D eigenvalue weighted by Gasteiger charge is 2.42. The normalized spacial score (nSPS) is 13.6. The molecule has 482 valence electrons. The number of ether oxygens (including phenoxy) is 7. The highest BCUT2D eigenvalue weighted by molar-refractivity contribution is 7.13. The van der Waals surface area contributed by atoms with Crippen molar-refractivity contribution in [1.29, 1.82) is 0 Å². The summed E-state index contributed by atoms with van der Waals surface area (Å²) in [4.78, 5) is 68.6. The molecule has 7 rings (SSSR count). The minimum absolute atomic E-state index is 0.186. The number of thiazole rings is 1. The quantitative estimate of drug-likeness (QED) is 0.0266. The molecule has 1 saturated heterocycles. The van der Waals surface area contributed by atoms with Crippen molar-refractivity contribution in [3.8, 4) is 22.0 Å². The number of anilines is 1. The van der Waals surface area contributed by atoms with E-state index >= 15 is 0 Å². The van der Waals surface area contributed by atoms with Gasteiger partial charge in [0.25, 0.3) is 5.91 Å². The Morgan fingerprint density at radius 1 is 0.697 bits per heavy atom. The van der Waals surface area contributed by atoms with E-state index in [-0.39, 0.29) is 43.7 Å². The number of likely N-dealkylation sites (tertiary alicyclic amines) is 1. The van der Waals surface area contributed by atoms with Crippen LogP contribution in [0.3, 0.4) is 0 Å². The number of unbranched alkanes of at least 4 members (excludes halogenated alkanes) is 3. The van der Waals surface area contributed by atoms with Crippen LogP contribution in [0.2, 0.25) is 0 Å². The Balaban J connectivity index is 0.635. The predicted molar refractivity (Wildman–Crippen MR) is 331 cm³/mol. The molecule has 1 aliphatic rings. The van der Waals surface area contributed by atoms with Gasteiger partial charge in [0.1, 0.15) is 42.3 Å². The van der Waals surface area contributed by atoms with Crippen LogP contribution in [0.25, 0.3) is 22.0 Å². The second kappa shape index (κ2) is 37.7. The molecule has 89 heavy (non-hydrogen) atoms. The summed E-state index contributed by atoms with van der Waals surface area (Å²) >= 11 is 1.59. The van der Waals surface area contributed by atoms with Gasteiger partial charge in [-0.3, -0.25) is 19.2 Å². The van der Waals surface area contributed by atoms with E-state index in [1.165, 1.54) is 12.4 Å². The van der Waals surface area contributed by atoms with Crippen molar-refractivity contribution < 1.29 is 61.1 Å². The van der Waals surface area contributed by atoms with E-state index in [1.54, 1.807) is 46.7 Å². The lowest BCUT2D eigenvalue weighted by Crippen LogP contribution is -2.58. The van der Waals surface area contributed by atoms with Gasteiger partial charge < -0.3 is 63.9 Å². The first-order valence-corrected chi connectivity index (χ1v) is 31.3. The SMILES string of the molecule is Cc1ncsc1-c1ccc(CNC(=O)[C@@H]2CCCN2C(=O)C(NC(=O)COCCOCCOCCOCCOCCOCCCCCCOCCCn2c(CNc3cccc(C(=O)NCc4c(F)cccc4F)c3)nnc2-c2ccncn2)C(C)(C)C)cc1. The van der Waals surface area contributed by atoms with E-state index in [2.05, 4.69) is 46.4 Å². The summed E-state index contributed by atoms with van der Waals surface area (Å²) in [5, 5.41) is 20.6. The summed E-state index contributed by atoms with van der Waals surface area (Å²) in [5.74, 6) is -1.59. The second-order valence-corrected chi connectivity index (χ2v) is 23.1. The summed E-state index contributed by atoms with van der Waals surface area (Å²) < 4.78 is 69.8. The van der Waals surface area contributed by atoms with Gasteiger partial charge >= 0.3 is 0 Å². The number of aryl methyl sites for hydroxylation is 1. The van der Waals surface area contributed by atoms with Crippen LogP contribution in [0.5, 0.6) is 0 Å². The molecule has 2 atom stereocenters. The lowest BCUT2D eigenvalue weighted by molar-refractivity contribution is -0.144. The molecule has 1 aliphatic heterocycles.